The number of benzene rings is 2. The zero-order valence-electron chi connectivity index (χ0n) is 16.2. The summed E-state index contributed by atoms with van der Waals surface area (Å²) >= 11 is 7.51. The molecule has 0 fully saturated rings. The fraction of sp³-hybridized carbons (Fsp3) is 0.250. The Morgan fingerprint density at radius 3 is 2.61 bits per heavy atom. The zero-order chi connectivity index (χ0) is 20.5. The second-order valence-electron chi connectivity index (χ2n) is 5.69. The molecule has 0 bridgehead atoms. The van der Waals surface area contributed by atoms with Gasteiger partial charge < -0.3 is 15.0 Å². The van der Waals surface area contributed by atoms with Crippen LogP contribution in [0.5, 0.6) is 0 Å². The molecule has 0 saturated heterocycles. The number of halogens is 1. The Balaban J connectivity index is 2.31. The van der Waals surface area contributed by atoms with Gasteiger partial charge in [-0.05, 0) is 30.9 Å². The molecule has 0 unspecified atom stereocenters. The Hall–Kier alpha value is -2.51. The third-order valence-electron chi connectivity index (χ3n) is 3.91. The van der Waals surface area contributed by atoms with Crippen molar-refractivity contribution >= 4 is 40.0 Å². The molecule has 1 amide bonds. The molecule has 1 N–H and O–H groups in total. The predicted octanol–water partition coefficient (Wildman–Crippen LogP) is 3.99. The number of likely N-dealkylation sites (N-methyl/N-ethyl adjacent to an activating group) is 1. The van der Waals surface area contributed by atoms with Gasteiger partial charge in [-0.2, -0.15) is 0 Å². The van der Waals surface area contributed by atoms with Crippen LogP contribution in [-0.2, 0) is 21.1 Å². The van der Waals surface area contributed by atoms with Gasteiger partial charge in [0.15, 0.2) is 5.71 Å². The summed E-state index contributed by atoms with van der Waals surface area (Å²) in [6.07, 6.45) is 1.91. The van der Waals surface area contributed by atoms with Crippen LogP contribution in [0.25, 0.3) is 0 Å². The molecule has 0 spiro atoms. The SMILES string of the molecule is CNC(=O)/C(=N/OC)c1cccc(C)c1CO/N=C(\SC)c1cccc(Cl)c1. The van der Waals surface area contributed by atoms with Crippen molar-refractivity contribution in [1.29, 1.82) is 0 Å². The molecule has 0 aliphatic rings. The van der Waals surface area contributed by atoms with Gasteiger partial charge in [0, 0.05) is 28.8 Å². The molecular weight excluding hydrogens is 398 g/mol. The fourth-order valence-corrected chi connectivity index (χ4v) is 3.20. The Kier molecular flexibility index (Phi) is 8.35. The lowest BCUT2D eigenvalue weighted by molar-refractivity contribution is -0.114. The molecule has 0 radical (unpaired) electrons. The van der Waals surface area contributed by atoms with Gasteiger partial charge in [-0.1, -0.05) is 52.2 Å². The molecular formula is C20H22ClN3O3S. The van der Waals surface area contributed by atoms with Gasteiger partial charge in [0.1, 0.15) is 18.8 Å². The van der Waals surface area contributed by atoms with Crippen LogP contribution < -0.4 is 5.32 Å². The first-order chi connectivity index (χ1) is 13.5. The quantitative estimate of drug-likeness (QED) is 0.418. The van der Waals surface area contributed by atoms with Crippen LogP contribution in [-0.4, -0.2) is 37.1 Å². The molecule has 8 heteroatoms. The van der Waals surface area contributed by atoms with Gasteiger partial charge in [-0.25, -0.2) is 0 Å². The van der Waals surface area contributed by atoms with E-state index in [-0.39, 0.29) is 18.2 Å². The number of carbonyl (C=O) groups is 1. The molecule has 2 aromatic carbocycles. The second-order valence-corrected chi connectivity index (χ2v) is 6.92. The maximum Gasteiger partial charge on any atom is 0.273 e. The second kappa shape index (κ2) is 10.7. The van der Waals surface area contributed by atoms with Crippen LogP contribution >= 0.6 is 23.4 Å². The van der Waals surface area contributed by atoms with E-state index in [1.54, 1.807) is 19.2 Å². The molecule has 0 aliphatic carbocycles. The van der Waals surface area contributed by atoms with Crippen LogP contribution in [0.3, 0.4) is 0 Å². The molecule has 2 rings (SSSR count). The molecule has 0 saturated carbocycles. The normalized spacial score (nSPS) is 11.9. The number of oxime groups is 2. The zero-order valence-corrected chi connectivity index (χ0v) is 17.7. The first-order valence-corrected chi connectivity index (χ1v) is 10.0. The highest BCUT2D eigenvalue weighted by Crippen LogP contribution is 2.20. The van der Waals surface area contributed by atoms with E-state index in [9.17, 15) is 4.79 Å². The fourth-order valence-electron chi connectivity index (χ4n) is 2.52. The lowest BCUT2D eigenvalue weighted by Crippen LogP contribution is -2.29. The summed E-state index contributed by atoms with van der Waals surface area (Å²) in [6, 6.07) is 13.0. The lowest BCUT2D eigenvalue weighted by atomic mass is 9.98. The summed E-state index contributed by atoms with van der Waals surface area (Å²) < 4.78 is 0. The van der Waals surface area contributed by atoms with Gasteiger partial charge in [0.2, 0.25) is 0 Å². The van der Waals surface area contributed by atoms with Gasteiger partial charge >= 0.3 is 0 Å². The Bertz CT molecular complexity index is 900. The molecule has 2 aromatic rings. The van der Waals surface area contributed by atoms with E-state index in [4.69, 9.17) is 21.3 Å². The van der Waals surface area contributed by atoms with Crippen molar-refractivity contribution in [2.24, 2.45) is 10.3 Å². The summed E-state index contributed by atoms with van der Waals surface area (Å²) in [4.78, 5) is 22.7. The number of thioether (sulfide) groups is 1. The van der Waals surface area contributed by atoms with Crippen molar-refractivity contribution in [2.75, 3.05) is 20.4 Å². The topological polar surface area (TPSA) is 72.3 Å². The highest BCUT2D eigenvalue weighted by molar-refractivity contribution is 8.13. The predicted molar refractivity (Wildman–Crippen MR) is 115 cm³/mol. The van der Waals surface area contributed by atoms with Crippen LogP contribution in [0.15, 0.2) is 52.8 Å². The number of nitrogens with zero attached hydrogens (tertiary/aromatic N) is 2. The lowest BCUT2D eigenvalue weighted by Gasteiger charge is -2.13. The Morgan fingerprint density at radius 1 is 1.21 bits per heavy atom. The number of nitrogens with one attached hydrogen (secondary N) is 1. The smallest absolute Gasteiger partial charge is 0.273 e. The van der Waals surface area contributed by atoms with E-state index >= 15 is 0 Å². The summed E-state index contributed by atoms with van der Waals surface area (Å²) in [5.41, 5.74) is 3.43. The van der Waals surface area contributed by atoms with E-state index < -0.39 is 0 Å². The first kappa shape index (κ1) is 21.8. The average molecular weight is 420 g/mol. The highest BCUT2D eigenvalue weighted by atomic mass is 35.5. The third kappa shape index (κ3) is 5.50. The van der Waals surface area contributed by atoms with Gasteiger partial charge in [0.05, 0.1) is 0 Å². The van der Waals surface area contributed by atoms with Crippen LogP contribution in [0, 0.1) is 6.92 Å². The van der Waals surface area contributed by atoms with Gasteiger partial charge in [-0.15, -0.1) is 11.8 Å². The van der Waals surface area contributed by atoms with Gasteiger partial charge in [0.25, 0.3) is 5.91 Å². The molecule has 148 valence electrons. The molecule has 28 heavy (non-hydrogen) atoms. The monoisotopic (exact) mass is 419 g/mol. The maximum atomic E-state index is 12.2. The minimum absolute atomic E-state index is 0.173. The third-order valence-corrected chi connectivity index (χ3v) is 4.84. The number of amides is 1. The Labute approximate surface area is 173 Å². The van der Waals surface area contributed by atoms with Gasteiger partial charge in [-0.3, -0.25) is 4.79 Å². The number of hydrogen-bond donors (Lipinski definition) is 1. The molecule has 0 aliphatic heterocycles. The first-order valence-electron chi connectivity index (χ1n) is 8.43. The van der Waals surface area contributed by atoms with E-state index in [1.807, 2.05) is 43.5 Å². The van der Waals surface area contributed by atoms with Crippen molar-refractivity contribution in [3.8, 4) is 0 Å². The van der Waals surface area contributed by atoms with E-state index in [1.165, 1.54) is 18.9 Å². The number of carbonyl (C=O) groups excluding carboxylic acids is 1. The summed E-state index contributed by atoms with van der Waals surface area (Å²) in [5, 5.41) is 12.0. The highest BCUT2D eigenvalue weighted by Gasteiger charge is 2.19. The molecule has 0 atom stereocenters. The number of rotatable bonds is 7. The van der Waals surface area contributed by atoms with Crippen molar-refractivity contribution in [1.82, 2.24) is 5.32 Å². The van der Waals surface area contributed by atoms with E-state index in [0.29, 0.717) is 15.6 Å². The molecule has 0 heterocycles. The van der Waals surface area contributed by atoms with Crippen molar-refractivity contribution in [3.05, 3.63) is 69.7 Å². The Morgan fingerprint density at radius 2 is 1.96 bits per heavy atom. The van der Waals surface area contributed by atoms with Crippen LogP contribution in [0.1, 0.15) is 22.3 Å². The van der Waals surface area contributed by atoms with Crippen LogP contribution in [0.4, 0.5) is 0 Å². The number of hydrogen-bond acceptors (Lipinski definition) is 6. The summed E-state index contributed by atoms with van der Waals surface area (Å²) in [7, 11) is 2.94. The van der Waals surface area contributed by atoms with Crippen molar-refractivity contribution in [2.45, 2.75) is 13.5 Å². The minimum atomic E-state index is -0.346. The van der Waals surface area contributed by atoms with E-state index in [2.05, 4.69) is 15.6 Å². The molecule has 6 nitrogen and oxygen atoms in total. The number of aryl methyl sites for hydroxylation is 1. The van der Waals surface area contributed by atoms with Crippen molar-refractivity contribution < 1.29 is 14.5 Å². The van der Waals surface area contributed by atoms with Crippen molar-refractivity contribution in [3.63, 3.8) is 0 Å². The van der Waals surface area contributed by atoms with E-state index in [0.717, 1.165) is 16.7 Å². The largest absolute Gasteiger partial charge is 0.398 e. The summed E-state index contributed by atoms with van der Waals surface area (Å²) in [6.45, 7) is 2.11. The maximum absolute atomic E-state index is 12.2. The standard InChI is InChI=1S/C20H22ClN3O3S/c1-13-7-5-10-16(18(23-26-3)19(25)22-2)17(13)12-27-24-20(28-4)14-8-6-9-15(21)11-14/h5-11H,12H2,1-4H3,(H,22,25)/b23-18+,24-20-. The minimum Gasteiger partial charge on any atom is -0.398 e. The molecule has 0 aromatic heterocycles. The van der Waals surface area contributed by atoms with Crippen LogP contribution in [0.2, 0.25) is 5.02 Å². The average Bonchev–Trinajstić information content (AvgIpc) is 2.70. The summed E-state index contributed by atoms with van der Waals surface area (Å²) in [5.74, 6) is -0.346.